The minimum atomic E-state index is -4.31. The van der Waals surface area contributed by atoms with Crippen LogP contribution in [0.4, 0.5) is 18.9 Å². The van der Waals surface area contributed by atoms with Crippen LogP contribution in [0, 0.1) is 0 Å². The Morgan fingerprint density at radius 3 is 2.39 bits per heavy atom. The Morgan fingerprint density at radius 2 is 1.83 bits per heavy atom. The lowest BCUT2D eigenvalue weighted by Crippen LogP contribution is -2.17. The maximum atomic E-state index is 11.7. The molecule has 1 rings (SSSR count). The van der Waals surface area contributed by atoms with Gasteiger partial charge >= 0.3 is 6.18 Å². The van der Waals surface area contributed by atoms with Gasteiger partial charge < -0.3 is 10.5 Å². The Labute approximate surface area is 106 Å². The summed E-state index contributed by atoms with van der Waals surface area (Å²) in [4.78, 5) is 0.611. The van der Waals surface area contributed by atoms with Gasteiger partial charge in [0.05, 0.1) is 10.8 Å². The second-order valence-corrected chi connectivity index (χ2v) is 5.21. The number of rotatable bonds is 6. The molecular formula is C11H14F3NO2S. The monoisotopic (exact) mass is 281 g/mol. The molecule has 0 radical (unpaired) electrons. The highest BCUT2D eigenvalue weighted by molar-refractivity contribution is 7.85. The summed E-state index contributed by atoms with van der Waals surface area (Å²) in [6.45, 7) is -1.32. The average molecular weight is 281 g/mol. The van der Waals surface area contributed by atoms with E-state index in [1.165, 1.54) is 0 Å². The van der Waals surface area contributed by atoms with Crippen molar-refractivity contribution in [1.29, 1.82) is 0 Å². The summed E-state index contributed by atoms with van der Waals surface area (Å²) in [6.07, 6.45) is -4.00. The van der Waals surface area contributed by atoms with Gasteiger partial charge in [-0.15, -0.1) is 0 Å². The molecule has 0 amide bonds. The Kier molecular flexibility index (Phi) is 5.61. The topological polar surface area (TPSA) is 52.3 Å². The number of alkyl halides is 3. The summed E-state index contributed by atoms with van der Waals surface area (Å²) in [5.74, 6) is 0.266. The highest BCUT2D eigenvalue weighted by Crippen LogP contribution is 2.15. The van der Waals surface area contributed by atoms with Crippen molar-refractivity contribution >= 4 is 16.5 Å². The number of benzene rings is 1. The maximum absolute atomic E-state index is 11.7. The van der Waals surface area contributed by atoms with E-state index in [9.17, 15) is 17.4 Å². The van der Waals surface area contributed by atoms with Crippen molar-refractivity contribution in [3.63, 3.8) is 0 Å². The van der Waals surface area contributed by atoms with Crippen LogP contribution in [0.5, 0.6) is 0 Å². The number of nitrogen functional groups attached to an aromatic ring is 1. The van der Waals surface area contributed by atoms with Gasteiger partial charge in [0.25, 0.3) is 0 Å². The molecule has 18 heavy (non-hydrogen) atoms. The zero-order valence-electron chi connectivity index (χ0n) is 9.57. The normalized spacial score (nSPS) is 13.5. The quantitative estimate of drug-likeness (QED) is 0.643. The standard InChI is InChI=1S/C11H14F3NO2S/c12-11(13,14)8-17-6-1-7-18(16)10-4-2-9(15)3-5-10/h2-5H,1,6-8,15H2. The Morgan fingerprint density at radius 1 is 1.22 bits per heavy atom. The van der Waals surface area contributed by atoms with Gasteiger partial charge in [0.15, 0.2) is 0 Å². The molecule has 1 aromatic rings. The fraction of sp³-hybridized carbons (Fsp3) is 0.455. The van der Waals surface area contributed by atoms with Gasteiger partial charge in [0, 0.05) is 22.9 Å². The summed E-state index contributed by atoms with van der Waals surface area (Å²) in [5.41, 5.74) is 6.06. The van der Waals surface area contributed by atoms with E-state index in [1.807, 2.05) is 0 Å². The third-order valence-electron chi connectivity index (χ3n) is 2.03. The smallest absolute Gasteiger partial charge is 0.399 e. The SMILES string of the molecule is Nc1ccc(S(=O)CCCOCC(F)(F)F)cc1. The minimum Gasteiger partial charge on any atom is -0.399 e. The van der Waals surface area contributed by atoms with Crippen LogP contribution in [0.25, 0.3) is 0 Å². The van der Waals surface area contributed by atoms with Crippen LogP contribution < -0.4 is 5.73 Å². The summed E-state index contributed by atoms with van der Waals surface area (Å²) < 4.78 is 51.4. The molecule has 102 valence electrons. The molecule has 0 saturated heterocycles. The molecule has 7 heteroatoms. The van der Waals surface area contributed by atoms with Crippen LogP contribution in [-0.4, -0.2) is 29.4 Å². The highest BCUT2D eigenvalue weighted by atomic mass is 32.2. The molecule has 0 bridgehead atoms. The molecule has 3 nitrogen and oxygen atoms in total. The van der Waals surface area contributed by atoms with Gasteiger partial charge in [-0.1, -0.05) is 0 Å². The minimum absolute atomic E-state index is 0.0553. The summed E-state index contributed by atoms with van der Waals surface area (Å²) in [7, 11) is -1.23. The molecule has 0 aromatic heterocycles. The van der Waals surface area contributed by atoms with E-state index in [0.717, 1.165) is 0 Å². The van der Waals surface area contributed by atoms with Crippen LogP contribution >= 0.6 is 0 Å². The molecule has 0 heterocycles. The van der Waals surface area contributed by atoms with Gasteiger partial charge in [-0.3, -0.25) is 4.21 Å². The van der Waals surface area contributed by atoms with Gasteiger partial charge in [-0.05, 0) is 30.7 Å². The molecule has 1 aromatic carbocycles. The van der Waals surface area contributed by atoms with Gasteiger partial charge in [0.1, 0.15) is 6.61 Å². The second-order valence-electron chi connectivity index (χ2n) is 3.64. The van der Waals surface area contributed by atoms with E-state index >= 15 is 0 Å². The van der Waals surface area contributed by atoms with Gasteiger partial charge in [-0.25, -0.2) is 0 Å². The molecule has 0 aliphatic carbocycles. The van der Waals surface area contributed by atoms with Crippen molar-refractivity contribution < 1.29 is 22.1 Å². The largest absolute Gasteiger partial charge is 0.411 e. The number of anilines is 1. The van der Waals surface area contributed by atoms with E-state index in [4.69, 9.17) is 5.73 Å². The molecule has 2 N–H and O–H groups in total. The van der Waals surface area contributed by atoms with E-state index in [0.29, 0.717) is 17.0 Å². The van der Waals surface area contributed by atoms with Gasteiger partial charge in [-0.2, -0.15) is 13.2 Å². The van der Waals surface area contributed by atoms with Crippen LogP contribution in [0.2, 0.25) is 0 Å². The van der Waals surface area contributed by atoms with E-state index < -0.39 is 23.6 Å². The first-order valence-corrected chi connectivity index (χ1v) is 6.59. The molecule has 0 fully saturated rings. The average Bonchev–Trinajstić information content (AvgIpc) is 2.27. The molecule has 0 saturated carbocycles. The lowest BCUT2D eigenvalue weighted by Gasteiger charge is -2.07. The number of nitrogens with two attached hydrogens (primary N) is 1. The molecule has 1 atom stereocenters. The van der Waals surface area contributed by atoms with E-state index in [1.54, 1.807) is 24.3 Å². The first-order chi connectivity index (χ1) is 8.38. The predicted molar refractivity (Wildman–Crippen MR) is 63.6 cm³/mol. The zero-order valence-corrected chi connectivity index (χ0v) is 10.4. The summed E-state index contributed by atoms with van der Waals surface area (Å²) in [5, 5.41) is 0. The van der Waals surface area contributed by atoms with E-state index in [-0.39, 0.29) is 12.4 Å². The fourth-order valence-electron chi connectivity index (χ4n) is 1.22. The van der Waals surface area contributed by atoms with Crippen LogP contribution in [-0.2, 0) is 15.5 Å². The Hall–Kier alpha value is -1.08. The number of halogens is 3. The van der Waals surface area contributed by atoms with Crippen molar-refractivity contribution in [2.24, 2.45) is 0 Å². The first-order valence-electron chi connectivity index (χ1n) is 5.27. The summed E-state index contributed by atoms with van der Waals surface area (Å²) in [6, 6.07) is 6.55. The zero-order chi connectivity index (χ0) is 13.6. The third kappa shape index (κ3) is 6.02. The van der Waals surface area contributed by atoms with Crippen molar-refractivity contribution in [3.8, 4) is 0 Å². The van der Waals surface area contributed by atoms with Crippen molar-refractivity contribution in [2.45, 2.75) is 17.5 Å². The molecule has 0 aliphatic heterocycles. The number of hydrogen-bond donors (Lipinski definition) is 1. The predicted octanol–water partition coefficient (Wildman–Crippen LogP) is 2.35. The molecule has 0 aliphatic rings. The van der Waals surface area contributed by atoms with Gasteiger partial charge in [0.2, 0.25) is 0 Å². The Bertz CT molecular complexity index is 392. The number of hydrogen-bond acceptors (Lipinski definition) is 3. The maximum Gasteiger partial charge on any atom is 0.411 e. The summed E-state index contributed by atoms with van der Waals surface area (Å²) >= 11 is 0. The second kappa shape index (κ2) is 6.75. The molecular weight excluding hydrogens is 267 g/mol. The van der Waals surface area contributed by atoms with Crippen LogP contribution in [0.1, 0.15) is 6.42 Å². The molecule has 0 spiro atoms. The van der Waals surface area contributed by atoms with Crippen molar-refractivity contribution in [3.05, 3.63) is 24.3 Å². The fourth-order valence-corrected chi connectivity index (χ4v) is 2.27. The van der Waals surface area contributed by atoms with Crippen molar-refractivity contribution in [1.82, 2.24) is 0 Å². The van der Waals surface area contributed by atoms with Crippen LogP contribution in [0.3, 0.4) is 0 Å². The van der Waals surface area contributed by atoms with Crippen LogP contribution in [0.15, 0.2) is 29.2 Å². The first kappa shape index (κ1) is 15.0. The molecule has 1 unspecified atom stereocenters. The Balaban J connectivity index is 2.24. The van der Waals surface area contributed by atoms with Crippen molar-refractivity contribution in [2.75, 3.05) is 24.7 Å². The third-order valence-corrected chi connectivity index (χ3v) is 3.48. The number of ether oxygens (including phenoxy) is 1. The van der Waals surface area contributed by atoms with E-state index in [2.05, 4.69) is 4.74 Å². The highest BCUT2D eigenvalue weighted by Gasteiger charge is 2.27. The lowest BCUT2D eigenvalue weighted by atomic mass is 10.3. The lowest BCUT2D eigenvalue weighted by molar-refractivity contribution is -0.173.